The van der Waals surface area contributed by atoms with E-state index in [0.29, 0.717) is 37.6 Å². The number of carbonyl (C=O) groups is 1. The molecule has 1 aliphatic heterocycles. The average Bonchev–Trinajstić information content (AvgIpc) is 2.76. The number of rotatable bonds is 5. The summed E-state index contributed by atoms with van der Waals surface area (Å²) >= 11 is 0. The van der Waals surface area contributed by atoms with Crippen LogP contribution in [0, 0.1) is 0 Å². The van der Waals surface area contributed by atoms with Gasteiger partial charge in [-0.2, -0.15) is 0 Å². The maximum Gasteiger partial charge on any atom is 0.305 e. The topological polar surface area (TPSA) is 65.0 Å². The fourth-order valence-electron chi connectivity index (χ4n) is 1.77. The number of esters is 1. The molecule has 5 heteroatoms. The molecule has 0 saturated carbocycles. The van der Waals surface area contributed by atoms with Gasteiger partial charge in [-0.3, -0.25) is 4.79 Å². The zero-order chi connectivity index (χ0) is 13.0. The summed E-state index contributed by atoms with van der Waals surface area (Å²) in [4.78, 5) is 10.9. The van der Waals surface area contributed by atoms with E-state index in [1.165, 1.54) is 7.11 Å². The lowest BCUT2D eigenvalue weighted by atomic mass is 10.1. The van der Waals surface area contributed by atoms with Gasteiger partial charge in [-0.05, 0) is 18.6 Å². The Hall–Kier alpha value is -1.75. The fourth-order valence-corrected chi connectivity index (χ4v) is 1.77. The van der Waals surface area contributed by atoms with Crippen molar-refractivity contribution in [2.24, 2.45) is 0 Å². The second-order valence-electron chi connectivity index (χ2n) is 4.05. The van der Waals surface area contributed by atoms with Crippen LogP contribution in [-0.4, -0.2) is 31.4 Å². The highest BCUT2D eigenvalue weighted by Crippen LogP contribution is 2.34. The zero-order valence-corrected chi connectivity index (χ0v) is 10.2. The van der Waals surface area contributed by atoms with Crippen molar-refractivity contribution in [1.29, 1.82) is 0 Å². The molecule has 1 N–H and O–H groups in total. The van der Waals surface area contributed by atoms with Crippen molar-refractivity contribution < 1.29 is 24.1 Å². The van der Waals surface area contributed by atoms with E-state index in [-0.39, 0.29) is 5.97 Å². The molecule has 0 aliphatic carbocycles. The number of ether oxygens (including phenoxy) is 3. The quantitative estimate of drug-likeness (QED) is 0.634. The van der Waals surface area contributed by atoms with Gasteiger partial charge in [-0.1, -0.05) is 0 Å². The van der Waals surface area contributed by atoms with Gasteiger partial charge in [-0.25, -0.2) is 0 Å². The standard InChI is InChI=1S/C13H16O5/c1-16-13(15)3-2-6-17-9-4-5-10-11(14)8-18-12(10)7-9/h4-5,7,11,14H,2-3,6,8H2,1H3. The van der Waals surface area contributed by atoms with E-state index in [1.54, 1.807) is 18.2 Å². The Balaban J connectivity index is 1.82. The smallest absolute Gasteiger partial charge is 0.305 e. The summed E-state index contributed by atoms with van der Waals surface area (Å²) < 4.78 is 15.3. The highest BCUT2D eigenvalue weighted by atomic mass is 16.5. The molecule has 1 unspecified atom stereocenters. The van der Waals surface area contributed by atoms with Gasteiger partial charge in [0.2, 0.25) is 0 Å². The van der Waals surface area contributed by atoms with E-state index in [9.17, 15) is 9.90 Å². The Kier molecular flexibility index (Phi) is 4.04. The zero-order valence-electron chi connectivity index (χ0n) is 10.2. The van der Waals surface area contributed by atoms with Gasteiger partial charge in [-0.15, -0.1) is 0 Å². The molecule has 18 heavy (non-hydrogen) atoms. The number of hydrogen-bond acceptors (Lipinski definition) is 5. The SMILES string of the molecule is COC(=O)CCCOc1ccc2c(c1)OCC2O. The summed E-state index contributed by atoms with van der Waals surface area (Å²) in [6, 6.07) is 5.33. The molecule has 1 aliphatic rings. The number of fused-ring (bicyclic) bond motifs is 1. The lowest BCUT2D eigenvalue weighted by Crippen LogP contribution is -2.04. The summed E-state index contributed by atoms with van der Waals surface area (Å²) in [5, 5.41) is 9.56. The number of methoxy groups -OCH3 is 1. The molecule has 0 fully saturated rings. The molecule has 1 aromatic carbocycles. The Morgan fingerprint density at radius 2 is 2.39 bits per heavy atom. The number of aliphatic hydroxyl groups excluding tert-OH is 1. The summed E-state index contributed by atoms with van der Waals surface area (Å²) in [6.07, 6.45) is 0.401. The van der Waals surface area contributed by atoms with E-state index in [0.717, 1.165) is 5.56 Å². The van der Waals surface area contributed by atoms with Crippen LogP contribution < -0.4 is 9.47 Å². The Labute approximate surface area is 105 Å². The second kappa shape index (κ2) is 5.73. The molecular formula is C13H16O5. The lowest BCUT2D eigenvalue weighted by Gasteiger charge is -2.07. The van der Waals surface area contributed by atoms with Gasteiger partial charge < -0.3 is 19.3 Å². The van der Waals surface area contributed by atoms with Crippen LogP contribution in [0.1, 0.15) is 24.5 Å². The van der Waals surface area contributed by atoms with Crippen LogP contribution in [0.25, 0.3) is 0 Å². The van der Waals surface area contributed by atoms with Crippen LogP contribution in [-0.2, 0) is 9.53 Å². The van der Waals surface area contributed by atoms with E-state index in [2.05, 4.69) is 4.74 Å². The molecule has 2 rings (SSSR count). The molecule has 5 nitrogen and oxygen atoms in total. The molecule has 0 aromatic heterocycles. The van der Waals surface area contributed by atoms with E-state index < -0.39 is 6.10 Å². The molecule has 1 aromatic rings. The van der Waals surface area contributed by atoms with Gasteiger partial charge in [0.15, 0.2) is 0 Å². The highest BCUT2D eigenvalue weighted by Gasteiger charge is 2.21. The van der Waals surface area contributed by atoms with Crippen LogP contribution in [0.5, 0.6) is 11.5 Å². The van der Waals surface area contributed by atoms with Gasteiger partial charge in [0.05, 0.1) is 13.7 Å². The van der Waals surface area contributed by atoms with Crippen molar-refractivity contribution in [3.63, 3.8) is 0 Å². The third-order valence-corrected chi connectivity index (χ3v) is 2.76. The number of benzene rings is 1. The summed E-state index contributed by atoms with van der Waals surface area (Å²) in [6.45, 7) is 0.734. The molecule has 0 bridgehead atoms. The summed E-state index contributed by atoms with van der Waals surface area (Å²) in [7, 11) is 1.37. The molecule has 1 atom stereocenters. The monoisotopic (exact) mass is 252 g/mol. The maximum absolute atomic E-state index is 10.9. The Morgan fingerprint density at radius 3 is 3.17 bits per heavy atom. The van der Waals surface area contributed by atoms with Crippen molar-refractivity contribution in [1.82, 2.24) is 0 Å². The molecule has 0 saturated heterocycles. The van der Waals surface area contributed by atoms with Crippen LogP contribution in [0.3, 0.4) is 0 Å². The number of hydrogen-bond donors (Lipinski definition) is 1. The first kappa shape index (κ1) is 12.7. The van der Waals surface area contributed by atoms with Crippen LogP contribution >= 0.6 is 0 Å². The molecule has 98 valence electrons. The largest absolute Gasteiger partial charge is 0.493 e. The van der Waals surface area contributed by atoms with Gasteiger partial charge in [0, 0.05) is 18.1 Å². The van der Waals surface area contributed by atoms with E-state index in [1.807, 2.05) is 0 Å². The molecule has 0 radical (unpaired) electrons. The average molecular weight is 252 g/mol. The minimum absolute atomic E-state index is 0.237. The summed E-state index contributed by atoms with van der Waals surface area (Å²) in [5.41, 5.74) is 0.789. The predicted molar refractivity (Wildman–Crippen MR) is 63.6 cm³/mol. The first-order chi connectivity index (χ1) is 8.70. The predicted octanol–water partition coefficient (Wildman–Crippen LogP) is 1.44. The van der Waals surface area contributed by atoms with Gasteiger partial charge in [0.1, 0.15) is 24.2 Å². The van der Waals surface area contributed by atoms with Gasteiger partial charge in [0.25, 0.3) is 0 Å². The lowest BCUT2D eigenvalue weighted by molar-refractivity contribution is -0.140. The van der Waals surface area contributed by atoms with Crippen LogP contribution in [0.2, 0.25) is 0 Å². The minimum Gasteiger partial charge on any atom is -0.493 e. The first-order valence-electron chi connectivity index (χ1n) is 5.85. The Morgan fingerprint density at radius 1 is 1.56 bits per heavy atom. The van der Waals surface area contributed by atoms with Crippen LogP contribution in [0.4, 0.5) is 0 Å². The third kappa shape index (κ3) is 2.92. The number of aliphatic hydroxyl groups is 1. The number of carbonyl (C=O) groups excluding carboxylic acids is 1. The molecular weight excluding hydrogens is 236 g/mol. The van der Waals surface area contributed by atoms with Crippen molar-refractivity contribution in [2.45, 2.75) is 18.9 Å². The Bertz CT molecular complexity index is 429. The van der Waals surface area contributed by atoms with Crippen molar-refractivity contribution >= 4 is 5.97 Å². The normalized spacial score (nSPS) is 16.9. The van der Waals surface area contributed by atoms with Gasteiger partial charge >= 0.3 is 5.97 Å². The van der Waals surface area contributed by atoms with Crippen molar-refractivity contribution in [3.05, 3.63) is 23.8 Å². The maximum atomic E-state index is 10.9. The fraction of sp³-hybridized carbons (Fsp3) is 0.462. The van der Waals surface area contributed by atoms with E-state index >= 15 is 0 Å². The van der Waals surface area contributed by atoms with E-state index in [4.69, 9.17) is 9.47 Å². The summed E-state index contributed by atoms with van der Waals surface area (Å²) in [5.74, 6) is 1.10. The minimum atomic E-state index is -0.548. The molecule has 1 heterocycles. The highest BCUT2D eigenvalue weighted by molar-refractivity contribution is 5.69. The first-order valence-corrected chi connectivity index (χ1v) is 5.85. The molecule has 0 amide bonds. The third-order valence-electron chi connectivity index (χ3n) is 2.76. The molecule has 0 spiro atoms. The van der Waals surface area contributed by atoms with Crippen molar-refractivity contribution in [3.8, 4) is 11.5 Å². The van der Waals surface area contributed by atoms with Crippen LogP contribution in [0.15, 0.2) is 18.2 Å². The second-order valence-corrected chi connectivity index (χ2v) is 4.05. The van der Waals surface area contributed by atoms with Crippen molar-refractivity contribution in [2.75, 3.05) is 20.3 Å².